The minimum Gasteiger partial charge on any atom is -0.0618 e. The highest BCUT2D eigenvalue weighted by molar-refractivity contribution is 5.33. The van der Waals surface area contributed by atoms with Crippen LogP contribution in [0, 0.1) is 6.42 Å². The van der Waals surface area contributed by atoms with Gasteiger partial charge < -0.3 is 0 Å². The van der Waals surface area contributed by atoms with Crippen LogP contribution in [0.4, 0.5) is 0 Å². The Kier molecular flexibility index (Phi) is 0.984. The molecule has 0 aromatic heterocycles. The Bertz CT molecular complexity index is 190. The molecular weight excluding hydrogens is 108 g/mol. The van der Waals surface area contributed by atoms with Crippen LogP contribution in [0.3, 0.4) is 0 Å². The number of fused-ring (bicyclic) bond motifs is 1. The van der Waals surface area contributed by atoms with Gasteiger partial charge in [-0.2, -0.15) is 0 Å². The van der Waals surface area contributed by atoms with Gasteiger partial charge in [-0.3, -0.25) is 0 Å². The zero-order chi connectivity index (χ0) is 6.10. The van der Waals surface area contributed by atoms with Gasteiger partial charge in [0.25, 0.3) is 0 Å². The second-order valence-corrected chi connectivity index (χ2v) is 2.47. The molecule has 1 aromatic rings. The third-order valence-electron chi connectivity index (χ3n) is 1.85. The molecule has 1 aliphatic rings. The topological polar surface area (TPSA) is 0 Å². The maximum atomic E-state index is 2.32. The lowest BCUT2D eigenvalue weighted by Crippen LogP contribution is -1.77. The van der Waals surface area contributed by atoms with E-state index in [2.05, 4.69) is 30.7 Å². The van der Waals surface area contributed by atoms with Gasteiger partial charge in [0.1, 0.15) is 12.8 Å². The molecule has 0 N–H and O–H groups in total. The Morgan fingerprint density at radius 3 is 2.11 bits per heavy atom. The summed E-state index contributed by atoms with van der Waals surface area (Å²) >= 11 is 0. The lowest BCUT2D eigenvalue weighted by atomic mass is 10.1. The quantitative estimate of drug-likeness (QED) is 0.456. The van der Waals surface area contributed by atoms with Crippen molar-refractivity contribution in [3.63, 3.8) is 0 Å². The first-order valence-corrected chi connectivity index (χ1v) is 3.35. The molecule has 44 valence electrons. The fourth-order valence-corrected chi connectivity index (χ4v) is 1.34. The smallest absolute Gasteiger partial charge is 0.0618 e. The summed E-state index contributed by atoms with van der Waals surface area (Å²) in [6.07, 6.45) is 4.68. The Balaban J connectivity index is 2.54. The Hall–Kier alpha value is -0.910. The standard InChI is InChI=1S/C9H9/c1-2-5-9-7-3-6-8(9)4-1/h1-5H,6-7H2/q+1. The summed E-state index contributed by atoms with van der Waals surface area (Å²) in [5, 5.41) is 0. The molecule has 0 heteroatoms. The molecule has 9 heavy (non-hydrogen) atoms. The molecule has 0 bridgehead atoms. The van der Waals surface area contributed by atoms with Crippen LogP contribution < -0.4 is 0 Å². The van der Waals surface area contributed by atoms with E-state index in [1.807, 2.05) is 0 Å². The van der Waals surface area contributed by atoms with Gasteiger partial charge in [-0.15, -0.1) is 0 Å². The normalized spacial score (nSPS) is 14.7. The van der Waals surface area contributed by atoms with Crippen LogP contribution in [-0.4, -0.2) is 0 Å². The molecule has 0 nitrogen and oxygen atoms in total. The van der Waals surface area contributed by atoms with E-state index in [9.17, 15) is 0 Å². The minimum atomic E-state index is 1.18. The monoisotopic (exact) mass is 117 g/mol. The Morgan fingerprint density at radius 2 is 1.56 bits per heavy atom. The lowest BCUT2D eigenvalue weighted by molar-refractivity contribution is 1.17. The Labute approximate surface area is 55.5 Å². The van der Waals surface area contributed by atoms with E-state index in [4.69, 9.17) is 0 Å². The van der Waals surface area contributed by atoms with Crippen molar-refractivity contribution in [1.82, 2.24) is 0 Å². The predicted molar refractivity (Wildman–Crippen MR) is 38.2 cm³/mol. The van der Waals surface area contributed by atoms with Crippen LogP contribution in [-0.2, 0) is 12.8 Å². The molecule has 1 aromatic carbocycles. The van der Waals surface area contributed by atoms with Gasteiger partial charge in [-0.25, -0.2) is 0 Å². The molecule has 0 amide bonds. The van der Waals surface area contributed by atoms with Crippen LogP contribution in [0.5, 0.6) is 0 Å². The second kappa shape index (κ2) is 1.80. The first-order valence-electron chi connectivity index (χ1n) is 3.35. The minimum absolute atomic E-state index is 1.18. The molecule has 0 heterocycles. The van der Waals surface area contributed by atoms with Crippen LogP contribution in [0.25, 0.3) is 0 Å². The molecule has 0 aliphatic heterocycles. The summed E-state index contributed by atoms with van der Waals surface area (Å²) in [5.41, 5.74) is 3.02. The van der Waals surface area contributed by atoms with E-state index in [0.717, 1.165) is 0 Å². The van der Waals surface area contributed by atoms with Crippen molar-refractivity contribution in [3.05, 3.63) is 41.8 Å². The Morgan fingerprint density at radius 1 is 1.00 bits per heavy atom. The van der Waals surface area contributed by atoms with Gasteiger partial charge in [0.05, 0.1) is 6.42 Å². The molecule has 0 saturated carbocycles. The molecule has 1 aliphatic carbocycles. The summed E-state index contributed by atoms with van der Waals surface area (Å²) < 4.78 is 0. The number of hydrogen-bond donors (Lipinski definition) is 0. The molecule has 0 radical (unpaired) electrons. The van der Waals surface area contributed by atoms with E-state index in [-0.39, 0.29) is 0 Å². The van der Waals surface area contributed by atoms with E-state index >= 15 is 0 Å². The van der Waals surface area contributed by atoms with Crippen molar-refractivity contribution in [2.75, 3.05) is 0 Å². The maximum absolute atomic E-state index is 2.32. The molecule has 0 unspecified atom stereocenters. The highest BCUT2D eigenvalue weighted by Gasteiger charge is 2.15. The SMILES string of the molecule is c1ccc2c(c1)C[CH+]C2. The van der Waals surface area contributed by atoms with Gasteiger partial charge in [-0.05, 0) is 0 Å². The van der Waals surface area contributed by atoms with E-state index in [1.165, 1.54) is 24.0 Å². The van der Waals surface area contributed by atoms with E-state index < -0.39 is 0 Å². The van der Waals surface area contributed by atoms with E-state index in [1.54, 1.807) is 0 Å². The first-order chi connectivity index (χ1) is 4.47. The zero-order valence-electron chi connectivity index (χ0n) is 5.30. The fraction of sp³-hybridized carbons (Fsp3) is 0.222. The first kappa shape index (κ1) is 4.92. The fourth-order valence-electron chi connectivity index (χ4n) is 1.34. The molecule has 2 rings (SSSR count). The summed E-state index contributed by atoms with van der Waals surface area (Å²) in [6, 6.07) is 8.63. The van der Waals surface area contributed by atoms with Gasteiger partial charge in [0, 0.05) is 11.1 Å². The van der Waals surface area contributed by atoms with Gasteiger partial charge in [0.15, 0.2) is 0 Å². The predicted octanol–water partition coefficient (Wildman–Crippen LogP) is 1.99. The van der Waals surface area contributed by atoms with Crippen molar-refractivity contribution in [2.45, 2.75) is 12.8 Å². The largest absolute Gasteiger partial charge is 0.113 e. The lowest BCUT2D eigenvalue weighted by Gasteiger charge is -1.88. The zero-order valence-corrected chi connectivity index (χ0v) is 5.30. The van der Waals surface area contributed by atoms with E-state index in [0.29, 0.717) is 0 Å². The van der Waals surface area contributed by atoms with Crippen LogP contribution >= 0.6 is 0 Å². The molecular formula is C9H9+. The average Bonchev–Trinajstić information content (AvgIpc) is 2.33. The van der Waals surface area contributed by atoms with Gasteiger partial charge >= 0.3 is 0 Å². The van der Waals surface area contributed by atoms with Gasteiger partial charge in [-0.1, -0.05) is 24.3 Å². The van der Waals surface area contributed by atoms with Crippen molar-refractivity contribution in [1.29, 1.82) is 0 Å². The summed E-state index contributed by atoms with van der Waals surface area (Å²) in [6.45, 7) is 0. The summed E-state index contributed by atoms with van der Waals surface area (Å²) in [5.74, 6) is 0. The number of rotatable bonds is 0. The van der Waals surface area contributed by atoms with Crippen LogP contribution in [0.2, 0.25) is 0 Å². The van der Waals surface area contributed by atoms with Crippen molar-refractivity contribution in [2.24, 2.45) is 0 Å². The van der Waals surface area contributed by atoms with Crippen LogP contribution in [0.1, 0.15) is 11.1 Å². The summed E-state index contributed by atoms with van der Waals surface area (Å²) in [4.78, 5) is 0. The number of benzene rings is 1. The highest BCUT2D eigenvalue weighted by Crippen LogP contribution is 2.19. The van der Waals surface area contributed by atoms with Crippen molar-refractivity contribution >= 4 is 0 Å². The summed E-state index contributed by atoms with van der Waals surface area (Å²) in [7, 11) is 0. The van der Waals surface area contributed by atoms with Crippen molar-refractivity contribution < 1.29 is 0 Å². The third kappa shape index (κ3) is 0.710. The van der Waals surface area contributed by atoms with Crippen LogP contribution in [0.15, 0.2) is 24.3 Å². The second-order valence-electron chi connectivity index (χ2n) is 2.47. The molecule has 0 saturated heterocycles. The third-order valence-corrected chi connectivity index (χ3v) is 1.85. The molecule has 0 fully saturated rings. The van der Waals surface area contributed by atoms with Crippen molar-refractivity contribution in [3.8, 4) is 0 Å². The average molecular weight is 117 g/mol. The molecule has 0 spiro atoms. The number of hydrogen-bond acceptors (Lipinski definition) is 0. The van der Waals surface area contributed by atoms with Gasteiger partial charge in [0.2, 0.25) is 0 Å². The maximum Gasteiger partial charge on any atom is 0.113 e. The highest BCUT2D eigenvalue weighted by atomic mass is 14.1. The molecule has 0 atom stereocenters.